The lowest BCUT2D eigenvalue weighted by molar-refractivity contribution is -0.119. The van der Waals surface area contributed by atoms with Gasteiger partial charge in [-0.1, -0.05) is 6.07 Å². The van der Waals surface area contributed by atoms with Crippen LogP contribution in [0.5, 0.6) is 5.75 Å². The van der Waals surface area contributed by atoms with E-state index in [2.05, 4.69) is 15.3 Å². The number of hydrogen-bond donors (Lipinski definition) is 1. The van der Waals surface area contributed by atoms with Gasteiger partial charge < -0.3 is 15.0 Å². The quantitative estimate of drug-likeness (QED) is 0.663. The van der Waals surface area contributed by atoms with Gasteiger partial charge in [0.15, 0.2) is 0 Å². The third kappa shape index (κ3) is 4.04. The maximum absolute atomic E-state index is 12.9. The third-order valence-corrected chi connectivity index (χ3v) is 6.12. The first kappa shape index (κ1) is 20.0. The Morgan fingerprint density at radius 1 is 1.23 bits per heavy atom. The molecule has 3 aromatic rings. The summed E-state index contributed by atoms with van der Waals surface area (Å²) in [6, 6.07) is 10.9. The van der Waals surface area contributed by atoms with Gasteiger partial charge in [0.2, 0.25) is 5.91 Å². The van der Waals surface area contributed by atoms with Crippen molar-refractivity contribution in [2.45, 2.75) is 26.2 Å². The first-order chi connectivity index (χ1) is 14.6. The van der Waals surface area contributed by atoms with Crippen LogP contribution in [0.1, 0.15) is 34.6 Å². The lowest BCUT2D eigenvalue weighted by Gasteiger charge is -2.28. The number of hydrogen-bond acceptors (Lipinski definition) is 6. The number of amides is 2. The molecule has 0 atom stereocenters. The highest BCUT2D eigenvalue weighted by Gasteiger charge is 2.24. The molecule has 8 heteroatoms. The average molecular weight is 423 g/mol. The number of methoxy groups -OCH3 is 1. The summed E-state index contributed by atoms with van der Waals surface area (Å²) in [5, 5.41) is 3.63. The van der Waals surface area contributed by atoms with E-state index in [9.17, 15) is 9.59 Å². The number of anilines is 2. The summed E-state index contributed by atoms with van der Waals surface area (Å²) in [5.74, 6) is 0.434. The van der Waals surface area contributed by atoms with Crippen molar-refractivity contribution in [1.29, 1.82) is 0 Å². The summed E-state index contributed by atoms with van der Waals surface area (Å²) in [4.78, 5) is 36.3. The van der Waals surface area contributed by atoms with E-state index in [0.29, 0.717) is 45.7 Å². The van der Waals surface area contributed by atoms with Crippen molar-refractivity contribution in [3.05, 3.63) is 53.2 Å². The fraction of sp³-hybridized carbons (Fsp3) is 0.273. The summed E-state index contributed by atoms with van der Waals surface area (Å²) >= 11 is 1.31. The number of ether oxygens (including phenoxy) is 1. The molecule has 1 aliphatic rings. The van der Waals surface area contributed by atoms with E-state index in [-0.39, 0.29) is 11.8 Å². The van der Waals surface area contributed by atoms with Gasteiger partial charge in [0, 0.05) is 24.8 Å². The second-order valence-corrected chi connectivity index (χ2v) is 7.99. The van der Waals surface area contributed by atoms with Crippen molar-refractivity contribution in [1.82, 2.24) is 9.97 Å². The average Bonchev–Trinajstić information content (AvgIpc) is 3.16. The Morgan fingerprint density at radius 3 is 2.83 bits per heavy atom. The summed E-state index contributed by atoms with van der Waals surface area (Å²) < 4.78 is 5.44. The highest BCUT2D eigenvalue weighted by atomic mass is 32.1. The molecule has 1 aromatic carbocycles. The molecule has 0 spiro atoms. The zero-order chi connectivity index (χ0) is 21.1. The fourth-order valence-electron chi connectivity index (χ4n) is 3.43. The van der Waals surface area contributed by atoms with E-state index in [4.69, 9.17) is 4.74 Å². The van der Waals surface area contributed by atoms with Gasteiger partial charge in [-0.05, 0) is 50.1 Å². The summed E-state index contributed by atoms with van der Waals surface area (Å²) in [6.07, 6.45) is 4.07. The number of carbonyl (C=O) groups is 2. The minimum absolute atomic E-state index is 0.0707. The van der Waals surface area contributed by atoms with Crippen LogP contribution in [0.15, 0.2) is 42.6 Å². The van der Waals surface area contributed by atoms with Gasteiger partial charge in [-0.2, -0.15) is 0 Å². The van der Waals surface area contributed by atoms with E-state index in [0.717, 1.165) is 18.5 Å². The van der Waals surface area contributed by atoms with Crippen LogP contribution in [-0.2, 0) is 4.79 Å². The molecule has 0 saturated carbocycles. The Morgan fingerprint density at radius 2 is 2.10 bits per heavy atom. The normalized spacial score (nSPS) is 13.9. The number of nitrogens with one attached hydrogen (secondary N) is 1. The van der Waals surface area contributed by atoms with Crippen LogP contribution >= 0.6 is 11.3 Å². The van der Waals surface area contributed by atoms with Crippen molar-refractivity contribution < 1.29 is 14.3 Å². The zero-order valence-corrected chi connectivity index (χ0v) is 17.7. The maximum Gasteiger partial charge on any atom is 0.267 e. The molecule has 3 heterocycles. The Hall–Kier alpha value is -3.26. The predicted octanol–water partition coefficient (Wildman–Crippen LogP) is 4.29. The van der Waals surface area contributed by atoms with Crippen molar-refractivity contribution >= 4 is 34.5 Å². The molecule has 1 N–H and O–H groups in total. The van der Waals surface area contributed by atoms with Crippen molar-refractivity contribution in [2.24, 2.45) is 0 Å². The van der Waals surface area contributed by atoms with Crippen LogP contribution in [-0.4, -0.2) is 35.4 Å². The molecule has 4 rings (SSSR count). The predicted molar refractivity (Wildman–Crippen MR) is 117 cm³/mol. The summed E-state index contributed by atoms with van der Waals surface area (Å²) in [6.45, 7) is 2.46. The first-order valence-electron chi connectivity index (χ1n) is 9.75. The van der Waals surface area contributed by atoms with Crippen LogP contribution in [0.3, 0.4) is 0 Å². The molecule has 1 fully saturated rings. The molecular weight excluding hydrogens is 400 g/mol. The number of pyridine rings is 1. The maximum atomic E-state index is 12.9. The lowest BCUT2D eigenvalue weighted by Crippen LogP contribution is -2.35. The van der Waals surface area contributed by atoms with E-state index in [1.54, 1.807) is 36.4 Å². The van der Waals surface area contributed by atoms with Crippen LogP contribution in [0, 0.1) is 6.92 Å². The molecule has 1 aliphatic heterocycles. The monoisotopic (exact) mass is 422 g/mol. The largest absolute Gasteiger partial charge is 0.495 e. The SMILES string of the molecule is COc1ccc(NC(=O)c2sc(-c3ccccn3)nc2C)cc1N1CCCCC1=O. The summed E-state index contributed by atoms with van der Waals surface area (Å²) in [7, 11) is 1.57. The number of aryl methyl sites for hydroxylation is 1. The van der Waals surface area contributed by atoms with Gasteiger partial charge in [0.05, 0.1) is 24.2 Å². The molecule has 0 aliphatic carbocycles. The second kappa shape index (κ2) is 8.62. The summed E-state index contributed by atoms with van der Waals surface area (Å²) in [5.41, 5.74) is 2.66. The molecule has 154 valence electrons. The molecule has 2 aromatic heterocycles. The molecular formula is C22H22N4O3S. The van der Waals surface area contributed by atoms with Gasteiger partial charge in [-0.3, -0.25) is 14.6 Å². The van der Waals surface area contributed by atoms with Gasteiger partial charge in [-0.15, -0.1) is 11.3 Å². The minimum Gasteiger partial charge on any atom is -0.495 e. The van der Waals surface area contributed by atoms with E-state index < -0.39 is 0 Å². The molecule has 2 amide bonds. The minimum atomic E-state index is -0.242. The van der Waals surface area contributed by atoms with Crippen molar-refractivity contribution in [2.75, 3.05) is 23.9 Å². The third-order valence-electron chi connectivity index (χ3n) is 4.94. The van der Waals surface area contributed by atoms with Crippen LogP contribution in [0.4, 0.5) is 11.4 Å². The molecule has 7 nitrogen and oxygen atoms in total. The van der Waals surface area contributed by atoms with Gasteiger partial charge >= 0.3 is 0 Å². The molecule has 0 unspecified atom stereocenters. The molecule has 0 bridgehead atoms. The Kier molecular flexibility index (Phi) is 5.76. The highest BCUT2D eigenvalue weighted by molar-refractivity contribution is 7.17. The number of aromatic nitrogens is 2. The zero-order valence-electron chi connectivity index (χ0n) is 16.8. The van der Waals surface area contributed by atoms with Crippen LogP contribution in [0.2, 0.25) is 0 Å². The lowest BCUT2D eigenvalue weighted by atomic mass is 10.1. The standard InChI is InChI=1S/C22H22N4O3S/c1-14-20(30-22(24-14)16-7-3-5-11-23-16)21(28)25-15-9-10-18(29-2)17(13-15)26-12-6-4-8-19(26)27/h3,5,7,9-11,13H,4,6,8,12H2,1-2H3,(H,25,28). The Labute approximate surface area is 178 Å². The van der Waals surface area contributed by atoms with Crippen LogP contribution < -0.4 is 15.0 Å². The molecule has 1 saturated heterocycles. The van der Waals surface area contributed by atoms with Crippen LogP contribution in [0.25, 0.3) is 10.7 Å². The molecule has 0 radical (unpaired) electrons. The van der Waals surface area contributed by atoms with Gasteiger partial charge in [-0.25, -0.2) is 4.98 Å². The first-order valence-corrected chi connectivity index (χ1v) is 10.6. The van der Waals surface area contributed by atoms with E-state index >= 15 is 0 Å². The number of thiazole rings is 1. The smallest absolute Gasteiger partial charge is 0.267 e. The Bertz CT molecular complexity index is 1080. The van der Waals surface area contributed by atoms with Crippen molar-refractivity contribution in [3.63, 3.8) is 0 Å². The van der Waals surface area contributed by atoms with Gasteiger partial charge in [0.1, 0.15) is 15.6 Å². The van der Waals surface area contributed by atoms with Gasteiger partial charge in [0.25, 0.3) is 5.91 Å². The Balaban J connectivity index is 1.59. The van der Waals surface area contributed by atoms with E-state index in [1.165, 1.54) is 11.3 Å². The molecule has 30 heavy (non-hydrogen) atoms. The fourth-order valence-corrected chi connectivity index (χ4v) is 4.37. The second-order valence-electron chi connectivity index (χ2n) is 6.99. The number of nitrogens with zero attached hydrogens (tertiary/aromatic N) is 3. The van der Waals surface area contributed by atoms with Crippen molar-refractivity contribution in [3.8, 4) is 16.5 Å². The number of piperidine rings is 1. The number of benzene rings is 1. The topological polar surface area (TPSA) is 84.4 Å². The van der Waals surface area contributed by atoms with E-state index in [1.807, 2.05) is 25.1 Å². The number of carbonyl (C=O) groups excluding carboxylic acids is 2. The highest BCUT2D eigenvalue weighted by Crippen LogP contribution is 2.34. The number of rotatable bonds is 5.